The second-order valence-electron chi connectivity index (χ2n) is 9.10. The maximum absolute atomic E-state index is 13.1. The molecule has 0 spiro atoms. The smallest absolute Gasteiger partial charge is 0.343 e. The van der Waals surface area contributed by atoms with E-state index in [1.165, 1.54) is 11.9 Å². The van der Waals surface area contributed by atoms with Crippen molar-refractivity contribution in [3.63, 3.8) is 0 Å². The highest BCUT2D eigenvalue weighted by Crippen LogP contribution is 2.37. The van der Waals surface area contributed by atoms with E-state index < -0.39 is 6.04 Å². The highest BCUT2D eigenvalue weighted by molar-refractivity contribution is 5.97. The van der Waals surface area contributed by atoms with Gasteiger partial charge in [0.1, 0.15) is 23.9 Å². The lowest BCUT2D eigenvalue weighted by molar-refractivity contribution is 0.321. The van der Waals surface area contributed by atoms with Crippen LogP contribution in [-0.4, -0.2) is 38.7 Å². The summed E-state index contributed by atoms with van der Waals surface area (Å²) in [6.07, 6.45) is 1.42. The number of fused-ring (bicyclic) bond motifs is 2. The summed E-state index contributed by atoms with van der Waals surface area (Å²) >= 11 is 0. The van der Waals surface area contributed by atoms with Crippen LogP contribution in [0.4, 0.5) is 5.82 Å². The minimum Gasteiger partial charge on any atom is -0.424 e. The summed E-state index contributed by atoms with van der Waals surface area (Å²) in [7, 11) is 4.11. The lowest BCUT2D eigenvalue weighted by Crippen LogP contribution is -2.17. The Labute approximate surface area is 203 Å². The average Bonchev–Trinajstić information content (AvgIpc) is 3.20. The molecule has 0 amide bonds. The van der Waals surface area contributed by atoms with Gasteiger partial charge < -0.3 is 15.1 Å². The van der Waals surface area contributed by atoms with Gasteiger partial charge in [0.15, 0.2) is 5.65 Å². The molecule has 2 atom stereocenters. The molecule has 8 heteroatoms. The molecule has 0 saturated heterocycles. The lowest BCUT2D eigenvalue weighted by Gasteiger charge is -2.22. The van der Waals surface area contributed by atoms with Crippen molar-refractivity contribution in [2.45, 2.75) is 32.9 Å². The van der Waals surface area contributed by atoms with E-state index in [9.17, 15) is 4.79 Å². The normalized spacial score (nSPS) is 13.5. The van der Waals surface area contributed by atoms with Gasteiger partial charge in [-0.3, -0.25) is 0 Å². The van der Waals surface area contributed by atoms with Crippen molar-refractivity contribution < 1.29 is 4.42 Å². The van der Waals surface area contributed by atoms with E-state index in [2.05, 4.69) is 54.1 Å². The third-order valence-corrected chi connectivity index (χ3v) is 6.74. The van der Waals surface area contributed by atoms with Gasteiger partial charge in [0, 0.05) is 17.0 Å². The molecule has 5 aromatic rings. The predicted octanol–water partition coefficient (Wildman–Crippen LogP) is 4.72. The van der Waals surface area contributed by atoms with E-state index in [4.69, 9.17) is 15.2 Å². The summed E-state index contributed by atoms with van der Waals surface area (Å²) in [5.74, 6) is 0.890. The number of nitrogen functional groups attached to an aromatic ring is 1. The van der Waals surface area contributed by atoms with Gasteiger partial charge in [-0.15, -0.1) is 0 Å². The van der Waals surface area contributed by atoms with Crippen LogP contribution >= 0.6 is 0 Å². The minimum absolute atomic E-state index is 0.218. The van der Waals surface area contributed by atoms with Crippen LogP contribution in [0.3, 0.4) is 0 Å². The van der Waals surface area contributed by atoms with E-state index in [1.54, 1.807) is 10.7 Å². The van der Waals surface area contributed by atoms with E-state index in [0.717, 1.165) is 22.2 Å². The number of benzene rings is 2. The maximum atomic E-state index is 13.1. The predicted molar refractivity (Wildman–Crippen MR) is 138 cm³/mol. The molecule has 0 aliphatic rings. The molecule has 0 saturated carbocycles. The van der Waals surface area contributed by atoms with Crippen LogP contribution in [-0.2, 0) is 0 Å². The van der Waals surface area contributed by atoms with Crippen molar-refractivity contribution in [2.75, 3.05) is 19.8 Å². The Morgan fingerprint density at radius 1 is 1.03 bits per heavy atom. The average molecular weight is 469 g/mol. The molecular weight excluding hydrogens is 440 g/mol. The van der Waals surface area contributed by atoms with Crippen LogP contribution in [0.25, 0.3) is 32.9 Å². The Bertz CT molecular complexity index is 1620. The number of rotatable bonds is 5. The zero-order valence-electron chi connectivity index (χ0n) is 20.5. The fourth-order valence-electron chi connectivity index (χ4n) is 4.61. The van der Waals surface area contributed by atoms with Crippen molar-refractivity contribution in [3.8, 4) is 11.1 Å². The van der Waals surface area contributed by atoms with E-state index in [0.29, 0.717) is 28.0 Å². The zero-order chi connectivity index (χ0) is 24.9. The fraction of sp³-hybridized carbons (Fsp3) is 0.259. The number of hydrogen-bond donors (Lipinski definition) is 1. The standard InChI is InChI=1S/C27H28N6O2/c1-15-22-25(28)29-14-30-26(22)33(31-15)17(3)24-23(20-11-6-7-12-21(20)27(34)35-24)19-10-8-9-18(13-19)16(2)32(4)5/h6-14,16-17H,1-5H3,(H2,28,29,30). The highest BCUT2D eigenvalue weighted by atomic mass is 16.4. The second kappa shape index (κ2) is 8.63. The van der Waals surface area contributed by atoms with Crippen molar-refractivity contribution in [3.05, 3.63) is 82.3 Å². The molecular formula is C27H28N6O2. The number of nitrogens with zero attached hydrogens (tertiary/aromatic N) is 5. The number of nitrogens with two attached hydrogens (primary N) is 1. The Morgan fingerprint density at radius 2 is 1.77 bits per heavy atom. The molecule has 8 nitrogen and oxygen atoms in total. The van der Waals surface area contributed by atoms with E-state index >= 15 is 0 Å². The zero-order valence-corrected chi connectivity index (χ0v) is 20.5. The third kappa shape index (κ3) is 3.76. The van der Waals surface area contributed by atoms with Crippen molar-refractivity contribution in [2.24, 2.45) is 0 Å². The van der Waals surface area contributed by atoms with Crippen LogP contribution in [0.15, 0.2) is 64.1 Å². The number of hydrogen-bond acceptors (Lipinski definition) is 7. The molecule has 0 bridgehead atoms. The molecule has 3 heterocycles. The first-order valence-corrected chi connectivity index (χ1v) is 11.6. The Morgan fingerprint density at radius 3 is 2.51 bits per heavy atom. The van der Waals surface area contributed by atoms with Crippen LogP contribution in [0.1, 0.15) is 42.9 Å². The summed E-state index contributed by atoms with van der Waals surface area (Å²) in [5, 5.41) is 6.78. The van der Waals surface area contributed by atoms with Crippen molar-refractivity contribution >= 4 is 27.6 Å². The van der Waals surface area contributed by atoms with Gasteiger partial charge in [-0.05, 0) is 58.1 Å². The molecule has 5 rings (SSSR count). The first-order valence-electron chi connectivity index (χ1n) is 11.6. The van der Waals surface area contributed by atoms with Crippen molar-refractivity contribution in [1.82, 2.24) is 24.6 Å². The first kappa shape index (κ1) is 22.7. The molecule has 178 valence electrons. The second-order valence-corrected chi connectivity index (χ2v) is 9.10. The monoisotopic (exact) mass is 468 g/mol. The molecule has 2 aromatic carbocycles. The Hall–Kier alpha value is -4.04. The maximum Gasteiger partial charge on any atom is 0.343 e. The van der Waals surface area contributed by atoms with Gasteiger partial charge in [0.2, 0.25) is 0 Å². The van der Waals surface area contributed by atoms with Crippen molar-refractivity contribution in [1.29, 1.82) is 0 Å². The molecule has 0 fully saturated rings. The van der Waals surface area contributed by atoms with E-state index in [-0.39, 0.29) is 11.7 Å². The fourth-order valence-corrected chi connectivity index (χ4v) is 4.61. The van der Waals surface area contributed by atoms with Gasteiger partial charge in [-0.2, -0.15) is 5.10 Å². The van der Waals surface area contributed by atoms with Crippen LogP contribution in [0.5, 0.6) is 0 Å². The quantitative estimate of drug-likeness (QED) is 0.398. The molecule has 3 aromatic heterocycles. The molecule has 2 N–H and O–H groups in total. The molecule has 35 heavy (non-hydrogen) atoms. The number of aromatic nitrogens is 4. The summed E-state index contributed by atoms with van der Waals surface area (Å²) in [6.45, 7) is 5.98. The molecule has 0 radical (unpaired) electrons. The summed E-state index contributed by atoms with van der Waals surface area (Å²) in [6, 6.07) is 15.7. The topological polar surface area (TPSA) is 103 Å². The van der Waals surface area contributed by atoms with Gasteiger partial charge in [-0.25, -0.2) is 19.4 Å². The largest absolute Gasteiger partial charge is 0.424 e. The molecule has 0 aliphatic heterocycles. The lowest BCUT2D eigenvalue weighted by atomic mass is 9.93. The molecule has 2 unspecified atom stereocenters. The molecule has 0 aliphatic carbocycles. The number of anilines is 1. The highest BCUT2D eigenvalue weighted by Gasteiger charge is 2.25. The van der Waals surface area contributed by atoms with Crippen LogP contribution in [0, 0.1) is 6.92 Å². The summed E-state index contributed by atoms with van der Waals surface area (Å²) in [5.41, 5.74) is 10.1. The Balaban J connectivity index is 1.80. The van der Waals surface area contributed by atoms with E-state index in [1.807, 2.05) is 38.1 Å². The van der Waals surface area contributed by atoms with Gasteiger partial charge >= 0.3 is 5.63 Å². The van der Waals surface area contributed by atoms with Gasteiger partial charge in [-0.1, -0.05) is 36.4 Å². The minimum atomic E-state index is -0.428. The third-order valence-electron chi connectivity index (χ3n) is 6.74. The van der Waals surface area contributed by atoms with Crippen LogP contribution in [0.2, 0.25) is 0 Å². The summed E-state index contributed by atoms with van der Waals surface area (Å²) < 4.78 is 7.78. The van der Waals surface area contributed by atoms with Gasteiger partial charge in [0.25, 0.3) is 0 Å². The summed E-state index contributed by atoms with van der Waals surface area (Å²) in [4.78, 5) is 23.8. The van der Waals surface area contributed by atoms with Gasteiger partial charge in [0.05, 0.1) is 16.5 Å². The Kier molecular flexibility index (Phi) is 5.61. The SMILES string of the molecule is Cc1nn(C(C)c2oc(=O)c3ccccc3c2-c2cccc(C(C)N(C)C)c2)c2ncnc(N)c12. The first-order chi connectivity index (χ1) is 16.8. The van der Waals surface area contributed by atoms with Crippen LogP contribution < -0.4 is 11.4 Å². The number of aryl methyl sites for hydroxylation is 1.